The van der Waals surface area contributed by atoms with E-state index in [-0.39, 0.29) is 23.6 Å². The lowest BCUT2D eigenvalue weighted by Crippen LogP contribution is -2.29. The van der Waals surface area contributed by atoms with Gasteiger partial charge in [-0.15, -0.1) is 0 Å². The molecule has 1 atom stereocenters. The van der Waals surface area contributed by atoms with E-state index in [0.717, 1.165) is 23.1 Å². The number of carbonyl (C=O) groups is 1. The van der Waals surface area contributed by atoms with E-state index in [1.807, 2.05) is 45.0 Å². The monoisotopic (exact) mass is 543 g/mol. The number of hydrogen-bond acceptors (Lipinski definition) is 5. The van der Waals surface area contributed by atoms with Gasteiger partial charge in [-0.2, -0.15) is 0 Å². The van der Waals surface area contributed by atoms with Crippen LogP contribution in [0, 0.1) is 25.6 Å². The third-order valence-electron chi connectivity index (χ3n) is 7.20. The van der Waals surface area contributed by atoms with E-state index in [1.165, 1.54) is 12.1 Å². The lowest BCUT2D eigenvalue weighted by atomic mass is 9.96. The van der Waals surface area contributed by atoms with Crippen molar-refractivity contribution in [3.8, 4) is 11.5 Å². The summed E-state index contributed by atoms with van der Waals surface area (Å²) >= 11 is 0. The second kappa shape index (κ2) is 11.2. The molecule has 1 amide bonds. The number of carbonyl (C=O) groups excluding carboxylic acids is 1. The standard InChI is InChI=1S/C33H34FNO5/c1-6-38-27-17-23(9-12-26(27)39-14-13-19(2)3)29-28-30(36)25-16-20(4)15-21(5)31(25)40-32(28)33(37)35(29)18-22-7-10-24(34)11-8-22/h7-12,15-17,19,29H,6,13-14,18H2,1-5H3. The maximum absolute atomic E-state index is 14.0. The summed E-state index contributed by atoms with van der Waals surface area (Å²) < 4.78 is 31.8. The maximum atomic E-state index is 14.0. The Hall–Kier alpha value is -4.13. The SMILES string of the molecule is CCOc1cc(C2c3c(oc4c(C)cc(C)cc4c3=O)C(=O)N2Cc2ccc(F)cc2)ccc1OCCC(C)C. The molecule has 1 aromatic heterocycles. The minimum absolute atomic E-state index is 0.0341. The van der Waals surface area contributed by atoms with Crippen molar-refractivity contribution in [2.75, 3.05) is 13.2 Å². The normalized spacial score (nSPS) is 14.7. The minimum Gasteiger partial charge on any atom is -0.490 e. The first-order valence-corrected chi connectivity index (χ1v) is 13.7. The number of ether oxygens (including phenoxy) is 2. The lowest BCUT2D eigenvalue weighted by molar-refractivity contribution is 0.0714. The van der Waals surface area contributed by atoms with Crippen LogP contribution in [-0.4, -0.2) is 24.0 Å². The molecule has 0 aliphatic carbocycles. The van der Waals surface area contributed by atoms with Gasteiger partial charge in [-0.1, -0.05) is 38.1 Å². The predicted octanol–water partition coefficient (Wildman–Crippen LogP) is 7.12. The Kier molecular flexibility index (Phi) is 7.66. The van der Waals surface area contributed by atoms with Gasteiger partial charge in [-0.25, -0.2) is 4.39 Å². The molecule has 0 radical (unpaired) electrons. The second-order valence-corrected chi connectivity index (χ2v) is 10.8. The fourth-order valence-electron chi connectivity index (χ4n) is 5.26. The quantitative estimate of drug-likeness (QED) is 0.225. The molecule has 1 aliphatic rings. The van der Waals surface area contributed by atoms with E-state index < -0.39 is 11.9 Å². The number of fused-ring (bicyclic) bond motifs is 2. The van der Waals surface area contributed by atoms with Crippen LogP contribution in [0.1, 0.15) is 71.6 Å². The highest BCUT2D eigenvalue weighted by Gasteiger charge is 2.43. The molecule has 4 aromatic rings. The van der Waals surface area contributed by atoms with Crippen LogP contribution in [0.25, 0.3) is 11.0 Å². The van der Waals surface area contributed by atoms with Crippen LogP contribution in [0.15, 0.2) is 63.8 Å². The first-order valence-electron chi connectivity index (χ1n) is 13.7. The smallest absolute Gasteiger partial charge is 0.291 e. The van der Waals surface area contributed by atoms with Gasteiger partial charge in [0.15, 0.2) is 16.9 Å². The molecule has 2 heterocycles. The Morgan fingerprint density at radius 2 is 1.73 bits per heavy atom. The lowest BCUT2D eigenvalue weighted by Gasteiger charge is -2.26. The van der Waals surface area contributed by atoms with Crippen molar-refractivity contribution in [1.29, 1.82) is 0 Å². The molecule has 40 heavy (non-hydrogen) atoms. The van der Waals surface area contributed by atoms with Gasteiger partial charge in [0.2, 0.25) is 5.76 Å². The maximum Gasteiger partial charge on any atom is 0.291 e. The van der Waals surface area contributed by atoms with E-state index in [1.54, 1.807) is 23.1 Å². The molecule has 1 aliphatic heterocycles. The van der Waals surface area contributed by atoms with Crippen LogP contribution in [0.2, 0.25) is 0 Å². The summed E-state index contributed by atoms with van der Waals surface area (Å²) in [6.45, 7) is 11.1. The number of nitrogens with zero attached hydrogens (tertiary/aromatic N) is 1. The van der Waals surface area contributed by atoms with Gasteiger partial charge in [0.25, 0.3) is 5.91 Å². The van der Waals surface area contributed by atoms with Gasteiger partial charge in [0.05, 0.1) is 30.2 Å². The average molecular weight is 544 g/mol. The zero-order chi connectivity index (χ0) is 28.6. The Balaban J connectivity index is 1.66. The molecule has 6 nitrogen and oxygen atoms in total. The van der Waals surface area contributed by atoms with Gasteiger partial charge in [-0.05, 0) is 85.7 Å². The van der Waals surface area contributed by atoms with Gasteiger partial charge in [0, 0.05) is 6.54 Å². The summed E-state index contributed by atoms with van der Waals surface area (Å²) in [6.07, 6.45) is 0.899. The van der Waals surface area contributed by atoms with Crippen LogP contribution < -0.4 is 14.9 Å². The fourth-order valence-corrected chi connectivity index (χ4v) is 5.26. The van der Waals surface area contributed by atoms with Crippen molar-refractivity contribution < 1.29 is 23.1 Å². The third kappa shape index (κ3) is 5.20. The minimum atomic E-state index is -0.724. The van der Waals surface area contributed by atoms with E-state index >= 15 is 0 Å². The molecular formula is C33H34FNO5. The van der Waals surface area contributed by atoms with Crippen LogP contribution in [0.3, 0.4) is 0 Å². The van der Waals surface area contributed by atoms with Crippen LogP contribution >= 0.6 is 0 Å². The predicted molar refractivity (Wildman–Crippen MR) is 153 cm³/mol. The summed E-state index contributed by atoms with van der Waals surface area (Å²) in [6, 6.07) is 14.5. The number of aryl methyl sites for hydroxylation is 2. The summed E-state index contributed by atoms with van der Waals surface area (Å²) in [4.78, 5) is 29.5. The molecule has 5 rings (SSSR count). The van der Waals surface area contributed by atoms with Crippen molar-refractivity contribution in [2.45, 2.75) is 53.6 Å². The summed E-state index contributed by atoms with van der Waals surface area (Å²) in [5.74, 6) is 0.933. The van der Waals surface area contributed by atoms with E-state index in [4.69, 9.17) is 13.9 Å². The van der Waals surface area contributed by atoms with E-state index in [0.29, 0.717) is 52.7 Å². The Bertz CT molecular complexity index is 1620. The van der Waals surface area contributed by atoms with Crippen molar-refractivity contribution in [3.63, 3.8) is 0 Å². The zero-order valence-electron chi connectivity index (χ0n) is 23.5. The molecule has 0 saturated heterocycles. The molecule has 0 saturated carbocycles. The van der Waals surface area contributed by atoms with Crippen molar-refractivity contribution in [3.05, 3.63) is 104 Å². The molecule has 0 fully saturated rings. The van der Waals surface area contributed by atoms with Crippen LogP contribution in [-0.2, 0) is 6.54 Å². The van der Waals surface area contributed by atoms with E-state index in [2.05, 4.69) is 13.8 Å². The average Bonchev–Trinajstić information content (AvgIpc) is 3.18. The summed E-state index contributed by atoms with van der Waals surface area (Å²) in [5, 5.41) is 0.441. The zero-order valence-corrected chi connectivity index (χ0v) is 23.5. The second-order valence-electron chi connectivity index (χ2n) is 10.8. The molecule has 7 heteroatoms. The number of amides is 1. The first-order chi connectivity index (χ1) is 19.2. The van der Waals surface area contributed by atoms with Gasteiger partial charge < -0.3 is 18.8 Å². The highest BCUT2D eigenvalue weighted by Crippen LogP contribution is 2.42. The van der Waals surface area contributed by atoms with Crippen LogP contribution in [0.5, 0.6) is 11.5 Å². The topological polar surface area (TPSA) is 69.0 Å². The van der Waals surface area contributed by atoms with Gasteiger partial charge >= 0.3 is 0 Å². The molecule has 3 aromatic carbocycles. The van der Waals surface area contributed by atoms with Gasteiger partial charge in [0.1, 0.15) is 11.4 Å². The molecule has 1 unspecified atom stereocenters. The van der Waals surface area contributed by atoms with Crippen molar-refractivity contribution >= 4 is 16.9 Å². The first kappa shape index (κ1) is 27.4. The van der Waals surface area contributed by atoms with Crippen molar-refractivity contribution in [2.24, 2.45) is 5.92 Å². The molecule has 208 valence electrons. The van der Waals surface area contributed by atoms with Gasteiger partial charge in [-0.3, -0.25) is 9.59 Å². The summed E-state index contributed by atoms with van der Waals surface area (Å²) in [7, 11) is 0. The van der Waals surface area contributed by atoms with Crippen LogP contribution in [0.4, 0.5) is 4.39 Å². The Morgan fingerprint density at radius 1 is 0.975 bits per heavy atom. The highest BCUT2D eigenvalue weighted by atomic mass is 19.1. The Labute approximate surface area is 233 Å². The fraction of sp³-hybridized carbons (Fsp3) is 0.333. The van der Waals surface area contributed by atoms with E-state index in [9.17, 15) is 14.0 Å². The highest BCUT2D eigenvalue weighted by molar-refractivity contribution is 5.99. The molecule has 0 spiro atoms. The number of benzene rings is 3. The largest absolute Gasteiger partial charge is 0.490 e. The number of hydrogen-bond donors (Lipinski definition) is 0. The molecular weight excluding hydrogens is 509 g/mol. The number of halogens is 1. The summed E-state index contributed by atoms with van der Waals surface area (Å²) in [5.41, 5.74) is 3.62. The number of rotatable bonds is 9. The molecule has 0 N–H and O–H groups in total. The molecule has 0 bridgehead atoms. The Morgan fingerprint density at radius 3 is 2.42 bits per heavy atom. The van der Waals surface area contributed by atoms with Crippen molar-refractivity contribution in [1.82, 2.24) is 4.90 Å². The third-order valence-corrected chi connectivity index (χ3v) is 7.20.